The van der Waals surface area contributed by atoms with Gasteiger partial charge in [0.2, 0.25) is 0 Å². The van der Waals surface area contributed by atoms with Crippen molar-refractivity contribution in [3.8, 4) is 5.75 Å². The second-order valence-corrected chi connectivity index (χ2v) is 3.97. The van der Waals surface area contributed by atoms with E-state index in [1.54, 1.807) is 11.8 Å². The van der Waals surface area contributed by atoms with E-state index in [9.17, 15) is 4.79 Å². The molecule has 1 unspecified atom stereocenters. The van der Waals surface area contributed by atoms with Gasteiger partial charge in [-0.3, -0.25) is 4.79 Å². The number of carbonyl (C=O) groups excluding carboxylic acids is 1. The van der Waals surface area contributed by atoms with E-state index < -0.39 is 12.0 Å². The van der Waals surface area contributed by atoms with Crippen LogP contribution in [-0.4, -0.2) is 18.3 Å². The fourth-order valence-electron chi connectivity index (χ4n) is 1.16. The summed E-state index contributed by atoms with van der Waals surface area (Å²) in [5, 5.41) is 0. The minimum atomic E-state index is -0.537. The Kier molecular flexibility index (Phi) is 4.49. The van der Waals surface area contributed by atoms with E-state index in [-0.39, 0.29) is 0 Å². The molecule has 0 bridgehead atoms. The highest BCUT2D eigenvalue weighted by atomic mass is 32.2. The molecular weight excluding hydrogens is 210 g/mol. The van der Waals surface area contributed by atoms with Crippen LogP contribution in [0.25, 0.3) is 0 Å². The van der Waals surface area contributed by atoms with Gasteiger partial charge in [-0.1, -0.05) is 6.92 Å². The highest BCUT2D eigenvalue weighted by molar-refractivity contribution is 7.98. The maximum absolute atomic E-state index is 11.0. The molecule has 1 rings (SSSR count). The number of amides is 1. The quantitative estimate of drug-likeness (QED) is 0.780. The van der Waals surface area contributed by atoms with E-state index in [1.165, 1.54) is 0 Å². The lowest BCUT2D eigenvalue weighted by Crippen LogP contribution is -2.32. The number of benzene rings is 1. The van der Waals surface area contributed by atoms with Crippen molar-refractivity contribution in [3.63, 3.8) is 0 Å². The maximum atomic E-state index is 11.0. The van der Waals surface area contributed by atoms with E-state index in [4.69, 9.17) is 10.5 Å². The van der Waals surface area contributed by atoms with Gasteiger partial charge in [0.05, 0.1) is 0 Å². The first-order valence-corrected chi connectivity index (χ1v) is 6.00. The summed E-state index contributed by atoms with van der Waals surface area (Å²) in [5.41, 5.74) is 5.18. The second-order valence-electron chi connectivity index (χ2n) is 3.09. The molecule has 0 spiro atoms. The predicted octanol–water partition coefficient (Wildman–Crippen LogP) is 2.05. The van der Waals surface area contributed by atoms with E-state index in [1.807, 2.05) is 37.4 Å². The minimum Gasteiger partial charge on any atom is -0.481 e. The van der Waals surface area contributed by atoms with E-state index in [2.05, 4.69) is 0 Å². The van der Waals surface area contributed by atoms with Crippen LogP contribution in [0.4, 0.5) is 0 Å². The summed E-state index contributed by atoms with van der Waals surface area (Å²) in [5.74, 6) is 0.255. The zero-order chi connectivity index (χ0) is 11.3. The summed E-state index contributed by atoms with van der Waals surface area (Å²) < 4.78 is 5.44. The molecule has 15 heavy (non-hydrogen) atoms. The average molecular weight is 225 g/mol. The molecule has 0 aliphatic rings. The molecule has 0 radical (unpaired) electrons. The maximum Gasteiger partial charge on any atom is 0.258 e. The van der Waals surface area contributed by atoms with E-state index in [0.29, 0.717) is 12.2 Å². The van der Waals surface area contributed by atoms with Crippen LogP contribution in [0.3, 0.4) is 0 Å². The molecule has 0 aromatic heterocycles. The minimum absolute atomic E-state index is 0.425. The van der Waals surface area contributed by atoms with Crippen molar-refractivity contribution in [2.45, 2.75) is 24.3 Å². The Hall–Kier alpha value is -1.16. The zero-order valence-corrected chi connectivity index (χ0v) is 9.71. The fraction of sp³-hybridized carbons (Fsp3) is 0.364. The Balaban J connectivity index is 2.67. The van der Waals surface area contributed by atoms with Gasteiger partial charge in [0.25, 0.3) is 5.91 Å². The number of ether oxygens (including phenoxy) is 1. The second kappa shape index (κ2) is 5.66. The molecule has 1 amide bonds. The Labute approximate surface area is 94.0 Å². The van der Waals surface area contributed by atoms with Gasteiger partial charge in [-0.2, -0.15) is 0 Å². The molecule has 0 aliphatic heterocycles. The van der Waals surface area contributed by atoms with Crippen LogP contribution < -0.4 is 10.5 Å². The van der Waals surface area contributed by atoms with Gasteiger partial charge in [-0.25, -0.2) is 0 Å². The zero-order valence-electron chi connectivity index (χ0n) is 8.90. The Morgan fingerprint density at radius 2 is 2.07 bits per heavy atom. The Morgan fingerprint density at radius 1 is 1.47 bits per heavy atom. The van der Waals surface area contributed by atoms with Crippen LogP contribution in [0.15, 0.2) is 29.2 Å². The van der Waals surface area contributed by atoms with Crippen LogP contribution in [0, 0.1) is 0 Å². The summed E-state index contributed by atoms with van der Waals surface area (Å²) in [7, 11) is 0. The summed E-state index contributed by atoms with van der Waals surface area (Å²) in [6, 6.07) is 7.59. The first kappa shape index (κ1) is 11.9. The Bertz CT molecular complexity index is 324. The molecule has 4 heteroatoms. The summed E-state index contributed by atoms with van der Waals surface area (Å²) >= 11 is 1.66. The number of primary amides is 1. The smallest absolute Gasteiger partial charge is 0.258 e. The molecule has 0 saturated carbocycles. The number of thioether (sulfide) groups is 1. The van der Waals surface area contributed by atoms with Gasteiger partial charge in [0.15, 0.2) is 6.10 Å². The van der Waals surface area contributed by atoms with Gasteiger partial charge < -0.3 is 10.5 Å². The third-order valence-corrected chi connectivity index (χ3v) is 2.77. The van der Waals surface area contributed by atoms with Crippen molar-refractivity contribution in [2.24, 2.45) is 5.73 Å². The van der Waals surface area contributed by atoms with Crippen molar-refractivity contribution < 1.29 is 9.53 Å². The first-order valence-electron chi connectivity index (χ1n) is 4.77. The molecule has 0 saturated heterocycles. The highest BCUT2D eigenvalue weighted by Crippen LogP contribution is 2.20. The number of hydrogen-bond donors (Lipinski definition) is 1. The monoisotopic (exact) mass is 225 g/mol. The third kappa shape index (κ3) is 3.47. The molecule has 1 aromatic carbocycles. The summed E-state index contributed by atoms with van der Waals surface area (Å²) in [6.45, 7) is 1.87. The number of nitrogens with two attached hydrogens (primary N) is 1. The first-order chi connectivity index (χ1) is 7.17. The van der Waals surface area contributed by atoms with Crippen LogP contribution in [0.5, 0.6) is 5.75 Å². The third-order valence-electron chi connectivity index (χ3n) is 2.03. The van der Waals surface area contributed by atoms with E-state index in [0.717, 1.165) is 4.90 Å². The normalized spacial score (nSPS) is 12.1. The van der Waals surface area contributed by atoms with Crippen molar-refractivity contribution in [2.75, 3.05) is 6.26 Å². The molecule has 1 atom stereocenters. The van der Waals surface area contributed by atoms with Crippen molar-refractivity contribution in [1.82, 2.24) is 0 Å². The largest absolute Gasteiger partial charge is 0.481 e. The van der Waals surface area contributed by atoms with Gasteiger partial charge in [-0.05, 0) is 36.9 Å². The lowest BCUT2D eigenvalue weighted by molar-refractivity contribution is -0.124. The van der Waals surface area contributed by atoms with Crippen molar-refractivity contribution in [1.29, 1.82) is 0 Å². The van der Waals surface area contributed by atoms with Gasteiger partial charge in [0.1, 0.15) is 5.75 Å². The molecular formula is C11H15NO2S. The lowest BCUT2D eigenvalue weighted by atomic mass is 10.2. The van der Waals surface area contributed by atoms with Gasteiger partial charge in [-0.15, -0.1) is 11.8 Å². The topological polar surface area (TPSA) is 52.3 Å². The average Bonchev–Trinajstić information content (AvgIpc) is 2.26. The highest BCUT2D eigenvalue weighted by Gasteiger charge is 2.13. The fourth-order valence-corrected chi connectivity index (χ4v) is 1.57. The molecule has 82 valence electrons. The molecule has 1 aromatic rings. The SMILES string of the molecule is CCC(Oc1ccc(SC)cc1)C(N)=O. The van der Waals surface area contributed by atoms with Crippen LogP contribution in [-0.2, 0) is 4.79 Å². The van der Waals surface area contributed by atoms with Crippen molar-refractivity contribution in [3.05, 3.63) is 24.3 Å². The molecule has 0 heterocycles. The molecule has 3 nitrogen and oxygen atoms in total. The van der Waals surface area contributed by atoms with Gasteiger partial charge in [0, 0.05) is 4.90 Å². The van der Waals surface area contributed by atoms with Gasteiger partial charge >= 0.3 is 0 Å². The van der Waals surface area contributed by atoms with Crippen LogP contribution in [0.1, 0.15) is 13.3 Å². The molecule has 0 fully saturated rings. The van der Waals surface area contributed by atoms with Crippen LogP contribution >= 0.6 is 11.8 Å². The van der Waals surface area contributed by atoms with Crippen molar-refractivity contribution >= 4 is 17.7 Å². The predicted molar refractivity (Wildman–Crippen MR) is 62.1 cm³/mol. The number of carbonyl (C=O) groups is 1. The molecule has 2 N–H and O–H groups in total. The number of hydrogen-bond acceptors (Lipinski definition) is 3. The standard InChI is InChI=1S/C11H15NO2S/c1-3-10(11(12)13)14-8-4-6-9(15-2)7-5-8/h4-7,10H,3H2,1-2H3,(H2,12,13). The Morgan fingerprint density at radius 3 is 2.47 bits per heavy atom. The summed E-state index contributed by atoms with van der Waals surface area (Å²) in [6.07, 6.45) is 2.05. The van der Waals surface area contributed by atoms with Crippen LogP contribution in [0.2, 0.25) is 0 Å². The lowest BCUT2D eigenvalue weighted by Gasteiger charge is -2.13. The number of rotatable bonds is 5. The van der Waals surface area contributed by atoms with E-state index >= 15 is 0 Å². The molecule has 0 aliphatic carbocycles. The summed E-state index contributed by atoms with van der Waals surface area (Å²) in [4.78, 5) is 12.1.